The quantitative estimate of drug-likeness (QED) is 0.775. The Morgan fingerprint density at radius 3 is 2.38 bits per heavy atom. The number of rotatable bonds is 7. The molecule has 4 heteroatoms. The van der Waals surface area contributed by atoms with Crippen molar-refractivity contribution in [3.05, 3.63) is 29.3 Å². The number of ether oxygens (including phenoxy) is 1. The molecule has 0 radical (unpaired) electrons. The van der Waals surface area contributed by atoms with E-state index >= 15 is 0 Å². The van der Waals surface area contributed by atoms with Crippen molar-refractivity contribution >= 4 is 11.7 Å². The zero-order valence-corrected chi connectivity index (χ0v) is 13.6. The Bertz CT molecular complexity index is 509. The Morgan fingerprint density at radius 2 is 1.90 bits per heavy atom. The molecule has 4 nitrogen and oxygen atoms in total. The Labute approximate surface area is 127 Å². The van der Waals surface area contributed by atoms with Gasteiger partial charge in [-0.25, -0.2) is 0 Å². The smallest absolute Gasteiger partial charge is 0.253 e. The van der Waals surface area contributed by atoms with Crippen LogP contribution in [0.4, 0.5) is 0 Å². The standard InChI is InChI=1S/C17H25NO3/c1-6-13(15(19)7-2)11-21-16-9-8-14(10-12(16)3)17(20)18(4)5/h8-10,13H,6-7,11H2,1-5H3/t13-/m0/s1. The van der Waals surface area contributed by atoms with Crippen molar-refractivity contribution in [2.24, 2.45) is 5.92 Å². The summed E-state index contributed by atoms with van der Waals surface area (Å²) in [5, 5.41) is 0. The first-order chi connectivity index (χ1) is 9.90. The molecular weight excluding hydrogens is 266 g/mol. The highest BCUT2D eigenvalue weighted by molar-refractivity contribution is 5.94. The van der Waals surface area contributed by atoms with Crippen LogP contribution < -0.4 is 4.74 Å². The van der Waals surface area contributed by atoms with E-state index in [9.17, 15) is 9.59 Å². The Morgan fingerprint density at radius 1 is 1.24 bits per heavy atom. The average molecular weight is 291 g/mol. The number of amides is 1. The maximum absolute atomic E-state index is 11.9. The molecule has 1 atom stereocenters. The summed E-state index contributed by atoms with van der Waals surface area (Å²) in [5.74, 6) is 0.872. The molecule has 1 aromatic rings. The number of Topliss-reactive ketones (excluding diaryl/α,β-unsaturated/α-hetero) is 1. The molecule has 21 heavy (non-hydrogen) atoms. The van der Waals surface area contributed by atoms with Gasteiger partial charge >= 0.3 is 0 Å². The summed E-state index contributed by atoms with van der Waals surface area (Å²) in [6, 6.07) is 5.38. The molecule has 0 fully saturated rings. The summed E-state index contributed by atoms with van der Waals surface area (Å²) in [7, 11) is 3.45. The van der Waals surface area contributed by atoms with Crippen molar-refractivity contribution in [1.29, 1.82) is 0 Å². The zero-order valence-electron chi connectivity index (χ0n) is 13.6. The van der Waals surface area contributed by atoms with Crippen molar-refractivity contribution < 1.29 is 14.3 Å². The molecule has 0 unspecified atom stereocenters. The predicted octanol–water partition coefficient (Wildman–Crippen LogP) is 3.08. The highest BCUT2D eigenvalue weighted by atomic mass is 16.5. The lowest BCUT2D eigenvalue weighted by atomic mass is 10.0. The number of carbonyl (C=O) groups excluding carboxylic acids is 2. The molecule has 1 rings (SSSR count). The van der Waals surface area contributed by atoms with Gasteiger partial charge in [0.05, 0.1) is 12.5 Å². The number of nitrogens with zero attached hydrogens (tertiary/aromatic N) is 1. The highest BCUT2D eigenvalue weighted by Gasteiger charge is 2.16. The molecule has 0 spiro atoms. The summed E-state index contributed by atoms with van der Waals surface area (Å²) in [5.41, 5.74) is 1.54. The van der Waals surface area contributed by atoms with E-state index < -0.39 is 0 Å². The van der Waals surface area contributed by atoms with Gasteiger partial charge in [-0.05, 0) is 37.1 Å². The Balaban J connectivity index is 2.77. The fourth-order valence-electron chi connectivity index (χ4n) is 2.12. The molecule has 116 valence electrons. The topological polar surface area (TPSA) is 46.6 Å². The molecule has 0 N–H and O–H groups in total. The van der Waals surface area contributed by atoms with Crippen molar-refractivity contribution in [2.45, 2.75) is 33.6 Å². The van der Waals surface area contributed by atoms with Crippen LogP contribution in [0.2, 0.25) is 0 Å². The van der Waals surface area contributed by atoms with E-state index in [1.807, 2.05) is 26.8 Å². The molecule has 0 bridgehead atoms. The van der Waals surface area contributed by atoms with Crippen molar-refractivity contribution in [2.75, 3.05) is 20.7 Å². The van der Waals surface area contributed by atoms with Gasteiger partial charge in [0.2, 0.25) is 0 Å². The van der Waals surface area contributed by atoms with Crippen LogP contribution in [0, 0.1) is 12.8 Å². The summed E-state index contributed by atoms with van der Waals surface area (Å²) in [6.07, 6.45) is 1.32. The minimum Gasteiger partial charge on any atom is -0.493 e. The predicted molar refractivity (Wildman–Crippen MR) is 83.8 cm³/mol. The number of ketones is 1. The highest BCUT2D eigenvalue weighted by Crippen LogP contribution is 2.21. The van der Waals surface area contributed by atoms with E-state index in [0.29, 0.717) is 18.6 Å². The van der Waals surface area contributed by atoms with Gasteiger partial charge in [0.15, 0.2) is 0 Å². The van der Waals surface area contributed by atoms with Gasteiger partial charge in [-0.3, -0.25) is 9.59 Å². The molecule has 0 aliphatic carbocycles. The molecular formula is C17H25NO3. The van der Waals surface area contributed by atoms with Crippen LogP contribution in [-0.4, -0.2) is 37.3 Å². The second kappa shape index (κ2) is 7.81. The lowest BCUT2D eigenvalue weighted by Gasteiger charge is -2.16. The lowest BCUT2D eigenvalue weighted by molar-refractivity contribution is -0.123. The van der Waals surface area contributed by atoms with Gasteiger partial charge < -0.3 is 9.64 Å². The first-order valence-electron chi connectivity index (χ1n) is 7.38. The van der Waals surface area contributed by atoms with Crippen molar-refractivity contribution in [1.82, 2.24) is 4.90 Å². The fraction of sp³-hybridized carbons (Fsp3) is 0.529. The van der Waals surface area contributed by atoms with E-state index in [4.69, 9.17) is 4.74 Å². The molecule has 1 aromatic carbocycles. The number of aryl methyl sites for hydroxylation is 1. The normalized spacial score (nSPS) is 11.9. The second-order valence-electron chi connectivity index (χ2n) is 5.42. The van der Waals surface area contributed by atoms with Gasteiger partial charge in [-0.1, -0.05) is 13.8 Å². The van der Waals surface area contributed by atoms with Crippen LogP contribution in [0.25, 0.3) is 0 Å². The molecule has 0 aromatic heterocycles. The van der Waals surface area contributed by atoms with Crippen LogP contribution in [0.15, 0.2) is 18.2 Å². The monoisotopic (exact) mass is 291 g/mol. The van der Waals surface area contributed by atoms with E-state index in [2.05, 4.69) is 0 Å². The summed E-state index contributed by atoms with van der Waals surface area (Å²) in [4.78, 5) is 25.2. The minimum atomic E-state index is -0.0579. The Kier molecular flexibility index (Phi) is 6.40. The SMILES string of the molecule is CCC(=O)[C@@H](CC)COc1ccc(C(=O)N(C)C)cc1C. The summed E-state index contributed by atoms with van der Waals surface area (Å²) in [6.45, 7) is 6.17. The van der Waals surface area contributed by atoms with Gasteiger partial charge in [-0.2, -0.15) is 0 Å². The third kappa shape index (κ3) is 4.59. The van der Waals surface area contributed by atoms with Crippen molar-refractivity contribution in [3.8, 4) is 5.75 Å². The number of hydrogen-bond acceptors (Lipinski definition) is 3. The maximum Gasteiger partial charge on any atom is 0.253 e. The first-order valence-corrected chi connectivity index (χ1v) is 7.38. The fourth-order valence-corrected chi connectivity index (χ4v) is 2.12. The Hall–Kier alpha value is -1.84. The summed E-state index contributed by atoms with van der Waals surface area (Å²) < 4.78 is 5.76. The molecule has 0 heterocycles. The third-order valence-electron chi connectivity index (χ3n) is 3.56. The van der Waals surface area contributed by atoms with Crippen LogP contribution in [-0.2, 0) is 4.79 Å². The van der Waals surface area contributed by atoms with Gasteiger partial charge in [-0.15, -0.1) is 0 Å². The third-order valence-corrected chi connectivity index (χ3v) is 3.56. The number of hydrogen-bond donors (Lipinski definition) is 0. The molecule has 0 saturated carbocycles. The van der Waals surface area contributed by atoms with Gasteiger partial charge in [0, 0.05) is 26.1 Å². The van der Waals surface area contributed by atoms with E-state index in [1.54, 1.807) is 31.1 Å². The van der Waals surface area contributed by atoms with Crippen LogP contribution in [0.1, 0.15) is 42.6 Å². The van der Waals surface area contributed by atoms with Gasteiger partial charge in [0.1, 0.15) is 11.5 Å². The minimum absolute atomic E-state index is 0.0303. The zero-order chi connectivity index (χ0) is 16.0. The molecule has 0 aliphatic heterocycles. The van der Waals surface area contributed by atoms with Crippen molar-refractivity contribution in [3.63, 3.8) is 0 Å². The molecule has 0 saturated heterocycles. The lowest BCUT2D eigenvalue weighted by Crippen LogP contribution is -2.22. The number of carbonyl (C=O) groups is 2. The van der Waals surface area contributed by atoms with Crippen LogP contribution in [0.5, 0.6) is 5.75 Å². The van der Waals surface area contributed by atoms with Crippen LogP contribution in [0.3, 0.4) is 0 Å². The first kappa shape index (κ1) is 17.2. The van der Waals surface area contributed by atoms with E-state index in [1.165, 1.54) is 0 Å². The largest absolute Gasteiger partial charge is 0.493 e. The number of benzene rings is 1. The summed E-state index contributed by atoms with van der Waals surface area (Å²) >= 11 is 0. The van der Waals surface area contributed by atoms with E-state index in [0.717, 1.165) is 17.7 Å². The second-order valence-corrected chi connectivity index (χ2v) is 5.42. The van der Waals surface area contributed by atoms with Crippen LogP contribution >= 0.6 is 0 Å². The average Bonchev–Trinajstić information content (AvgIpc) is 2.47. The maximum atomic E-state index is 11.9. The van der Waals surface area contributed by atoms with Gasteiger partial charge in [0.25, 0.3) is 5.91 Å². The molecule has 0 aliphatic rings. The molecule has 1 amide bonds. The van der Waals surface area contributed by atoms with E-state index in [-0.39, 0.29) is 17.6 Å².